The van der Waals surface area contributed by atoms with Crippen molar-refractivity contribution in [2.75, 3.05) is 0 Å². The van der Waals surface area contributed by atoms with Gasteiger partial charge >= 0.3 is 11.9 Å². The second-order valence-electron chi connectivity index (χ2n) is 3.25. The lowest BCUT2D eigenvalue weighted by Gasteiger charge is -2.11. The fraction of sp³-hybridized carbons (Fsp3) is 0.0909. The molecule has 0 fully saturated rings. The van der Waals surface area contributed by atoms with Gasteiger partial charge in [-0.15, -0.1) is 0 Å². The molecule has 1 atom stereocenters. The Balaban J connectivity index is 2.84. The molecule has 0 spiro atoms. The summed E-state index contributed by atoms with van der Waals surface area (Å²) in [6, 6.07) is 5.85. The molecule has 2 N–H and O–H groups in total. The number of aliphatic carboxylic acids is 2. The molecule has 0 saturated heterocycles. The van der Waals surface area contributed by atoms with Crippen molar-refractivity contribution in [3.63, 3.8) is 0 Å². The van der Waals surface area contributed by atoms with E-state index in [9.17, 15) is 14.4 Å². The van der Waals surface area contributed by atoms with E-state index in [0.717, 1.165) is 11.9 Å². The Bertz CT molecular complexity index is 579. The van der Waals surface area contributed by atoms with Crippen LogP contribution in [0.5, 0.6) is 5.75 Å². The number of carbonyl (C=O) groups is 3. The van der Waals surface area contributed by atoms with E-state index in [1.165, 1.54) is 12.1 Å². The van der Waals surface area contributed by atoms with Crippen molar-refractivity contribution in [1.29, 1.82) is 0 Å². The Kier molecular flexibility index (Phi) is 5.85. The van der Waals surface area contributed by atoms with Crippen LogP contribution in [0.25, 0.3) is 0 Å². The van der Waals surface area contributed by atoms with E-state index in [4.69, 9.17) is 14.9 Å². The fourth-order valence-corrected chi connectivity index (χ4v) is 1.63. The van der Waals surface area contributed by atoms with Crippen molar-refractivity contribution in [2.24, 2.45) is 4.40 Å². The smallest absolute Gasteiger partial charge is 0.376 e. The van der Waals surface area contributed by atoms with Crippen LogP contribution in [0.3, 0.4) is 0 Å². The number of benzene rings is 1. The van der Waals surface area contributed by atoms with Gasteiger partial charge in [-0.1, -0.05) is 0 Å². The number of rotatable bonds is 7. The van der Waals surface area contributed by atoms with Gasteiger partial charge in [0.25, 0.3) is 11.9 Å². The molecule has 0 saturated carbocycles. The van der Waals surface area contributed by atoms with Gasteiger partial charge in [0.15, 0.2) is 0 Å². The first-order chi connectivity index (χ1) is 9.45. The SMILES string of the molecule is O=C(O)C(=O)C(Oc1ccc(SN=C=S)cc1)C(=O)O. The van der Waals surface area contributed by atoms with Gasteiger partial charge in [-0.05, 0) is 36.5 Å². The van der Waals surface area contributed by atoms with Crippen molar-refractivity contribution < 1.29 is 29.3 Å². The average Bonchev–Trinajstić information content (AvgIpc) is 2.42. The standard InChI is InChI=1S/C11H7NO6S2/c13-8(10(14)15)9(11(16)17)18-6-1-3-7(4-2-6)20-12-5-19/h1-4,9H,(H,14,15)(H,16,17). The molecule has 9 heteroatoms. The second-order valence-corrected chi connectivity index (χ2v) is 4.27. The monoisotopic (exact) mass is 313 g/mol. The van der Waals surface area contributed by atoms with Gasteiger partial charge in [0.1, 0.15) is 5.75 Å². The van der Waals surface area contributed by atoms with Gasteiger partial charge in [0.2, 0.25) is 0 Å². The maximum absolute atomic E-state index is 11.2. The summed E-state index contributed by atoms with van der Waals surface area (Å²) in [5.74, 6) is -5.06. The molecule has 0 aliphatic rings. The van der Waals surface area contributed by atoms with Crippen LogP contribution in [0.2, 0.25) is 0 Å². The number of Topliss-reactive ketones (excluding diaryl/α,β-unsaturated/α-hetero) is 1. The van der Waals surface area contributed by atoms with Gasteiger partial charge in [-0.25, -0.2) is 9.59 Å². The highest BCUT2D eigenvalue weighted by Gasteiger charge is 2.33. The third-order valence-electron chi connectivity index (χ3n) is 1.94. The molecule has 7 nitrogen and oxygen atoms in total. The van der Waals surface area contributed by atoms with E-state index in [-0.39, 0.29) is 5.75 Å². The minimum atomic E-state index is -2.09. The molecule has 0 amide bonds. The minimum absolute atomic E-state index is 0.0442. The topological polar surface area (TPSA) is 113 Å². The van der Waals surface area contributed by atoms with Crippen LogP contribution in [-0.4, -0.2) is 39.2 Å². The number of nitrogens with zero attached hydrogens (tertiary/aromatic N) is 1. The molecule has 0 aliphatic carbocycles. The van der Waals surface area contributed by atoms with Crippen LogP contribution < -0.4 is 4.74 Å². The Hall–Kier alpha value is -2.22. The normalized spacial score (nSPS) is 11.0. The highest BCUT2D eigenvalue weighted by molar-refractivity contribution is 7.98. The van der Waals surface area contributed by atoms with Crippen LogP contribution in [0.4, 0.5) is 0 Å². The van der Waals surface area contributed by atoms with E-state index < -0.39 is 23.8 Å². The Morgan fingerprint density at radius 2 is 1.85 bits per heavy atom. The third kappa shape index (κ3) is 4.47. The molecule has 1 unspecified atom stereocenters. The summed E-state index contributed by atoms with van der Waals surface area (Å²) in [6.07, 6.45) is -2.09. The number of hydrogen-bond acceptors (Lipinski definition) is 7. The zero-order valence-corrected chi connectivity index (χ0v) is 11.3. The highest BCUT2D eigenvalue weighted by Crippen LogP contribution is 2.22. The number of ketones is 1. The lowest BCUT2D eigenvalue weighted by atomic mass is 10.2. The average molecular weight is 313 g/mol. The number of isothiocyanates is 1. The van der Waals surface area contributed by atoms with E-state index in [2.05, 4.69) is 21.8 Å². The lowest BCUT2D eigenvalue weighted by Crippen LogP contribution is -2.39. The molecule has 0 aromatic heterocycles. The summed E-state index contributed by atoms with van der Waals surface area (Å²) in [6.45, 7) is 0. The van der Waals surface area contributed by atoms with Crippen LogP contribution >= 0.6 is 24.2 Å². The quantitative estimate of drug-likeness (QED) is 0.254. The summed E-state index contributed by atoms with van der Waals surface area (Å²) in [5.41, 5.74) is 0. The van der Waals surface area contributed by atoms with Gasteiger partial charge in [-0.2, -0.15) is 4.40 Å². The molecule has 0 radical (unpaired) electrons. The van der Waals surface area contributed by atoms with Gasteiger partial charge in [0.05, 0.1) is 5.16 Å². The predicted octanol–water partition coefficient (Wildman–Crippen LogP) is 1.28. The van der Waals surface area contributed by atoms with Crippen LogP contribution in [0, 0.1) is 0 Å². The van der Waals surface area contributed by atoms with Crippen molar-refractivity contribution in [1.82, 2.24) is 0 Å². The Labute approximate surface area is 122 Å². The Morgan fingerprint density at radius 1 is 1.25 bits per heavy atom. The maximum Gasteiger partial charge on any atom is 0.376 e. The van der Waals surface area contributed by atoms with Crippen molar-refractivity contribution in [2.45, 2.75) is 11.0 Å². The lowest BCUT2D eigenvalue weighted by molar-refractivity contribution is -0.160. The van der Waals surface area contributed by atoms with E-state index >= 15 is 0 Å². The zero-order chi connectivity index (χ0) is 15.1. The first-order valence-corrected chi connectivity index (χ1v) is 6.14. The number of carbonyl (C=O) groups excluding carboxylic acids is 1. The number of carboxylic acids is 2. The molecule has 0 bridgehead atoms. The molecule has 0 heterocycles. The number of ether oxygens (including phenoxy) is 1. The minimum Gasteiger partial charge on any atom is -0.478 e. The van der Waals surface area contributed by atoms with Crippen molar-refractivity contribution in [3.05, 3.63) is 24.3 Å². The molecule has 1 aromatic carbocycles. The fourth-order valence-electron chi connectivity index (χ4n) is 1.11. The van der Waals surface area contributed by atoms with Gasteiger partial charge in [-0.3, -0.25) is 4.79 Å². The molecular weight excluding hydrogens is 306 g/mol. The first kappa shape index (κ1) is 15.8. The van der Waals surface area contributed by atoms with Crippen molar-refractivity contribution in [3.8, 4) is 5.75 Å². The molecule has 104 valence electrons. The summed E-state index contributed by atoms with van der Waals surface area (Å²) in [5, 5.41) is 19.4. The van der Waals surface area contributed by atoms with Crippen molar-refractivity contribution >= 4 is 47.0 Å². The second kappa shape index (κ2) is 7.39. The highest BCUT2D eigenvalue weighted by atomic mass is 32.2. The number of thiocarbonyl (C=S) groups is 1. The first-order valence-electron chi connectivity index (χ1n) is 4.96. The maximum atomic E-state index is 11.2. The predicted molar refractivity (Wildman–Crippen MR) is 72.0 cm³/mol. The van der Waals surface area contributed by atoms with Crippen LogP contribution in [-0.2, 0) is 14.4 Å². The molecule has 0 aliphatic heterocycles. The summed E-state index contributed by atoms with van der Waals surface area (Å²) in [7, 11) is 0. The summed E-state index contributed by atoms with van der Waals surface area (Å²) < 4.78 is 8.48. The van der Waals surface area contributed by atoms with E-state index in [1.54, 1.807) is 12.1 Å². The molecular formula is C11H7NO6S2. The molecule has 1 rings (SSSR count). The third-order valence-corrected chi connectivity index (χ3v) is 2.81. The van der Waals surface area contributed by atoms with E-state index in [0.29, 0.717) is 4.90 Å². The molecule has 20 heavy (non-hydrogen) atoms. The largest absolute Gasteiger partial charge is 0.478 e. The van der Waals surface area contributed by atoms with Gasteiger partial charge in [0, 0.05) is 16.8 Å². The summed E-state index contributed by atoms with van der Waals surface area (Å²) >= 11 is 5.44. The number of carboxylic acid groups (broad SMARTS) is 2. The zero-order valence-electron chi connectivity index (χ0n) is 9.68. The number of hydrogen-bond donors (Lipinski definition) is 2. The van der Waals surface area contributed by atoms with E-state index in [1.807, 2.05) is 0 Å². The summed E-state index contributed by atoms with van der Waals surface area (Å²) in [4.78, 5) is 33.1. The molecule has 1 aromatic rings. The van der Waals surface area contributed by atoms with Crippen LogP contribution in [0.15, 0.2) is 33.6 Å². The Morgan fingerprint density at radius 3 is 2.30 bits per heavy atom. The van der Waals surface area contributed by atoms with Crippen LogP contribution in [0.1, 0.15) is 0 Å². The van der Waals surface area contributed by atoms with Gasteiger partial charge < -0.3 is 14.9 Å².